The van der Waals surface area contributed by atoms with Gasteiger partial charge >= 0.3 is 0 Å². The number of anilines is 1. The topological polar surface area (TPSA) is 53.0 Å². The summed E-state index contributed by atoms with van der Waals surface area (Å²) in [5, 5.41) is 0. The molecule has 0 aliphatic carbocycles. The number of hydrogen-bond acceptors (Lipinski definition) is 2. The highest BCUT2D eigenvalue weighted by Crippen LogP contribution is 2.01. The fourth-order valence-electron chi connectivity index (χ4n) is 0.865. The molecule has 0 spiro atoms. The minimum absolute atomic E-state index is 0.125. The van der Waals surface area contributed by atoms with Gasteiger partial charge in [-0.25, -0.2) is 0 Å². The van der Waals surface area contributed by atoms with Crippen LogP contribution in [0.3, 0.4) is 0 Å². The van der Waals surface area contributed by atoms with E-state index in [9.17, 15) is 4.79 Å². The maximum absolute atomic E-state index is 11.0. The first kappa shape index (κ1) is 6.92. The van der Waals surface area contributed by atoms with E-state index in [1.165, 1.54) is 4.68 Å². The van der Waals surface area contributed by atoms with E-state index < -0.39 is 0 Å². The molecule has 1 aromatic heterocycles. The number of nitrogens with zero attached hydrogens (tertiary/aromatic N) is 2. The van der Waals surface area contributed by atoms with Gasteiger partial charge in [-0.05, 0) is 6.92 Å². The van der Waals surface area contributed by atoms with Crippen molar-refractivity contribution < 1.29 is 0 Å². The fourth-order valence-corrected chi connectivity index (χ4v) is 0.865. The fraction of sp³-hybridized carbons (Fsp3) is 0.500. The summed E-state index contributed by atoms with van der Waals surface area (Å²) >= 11 is 0. The van der Waals surface area contributed by atoms with Crippen LogP contribution in [0.15, 0.2) is 4.79 Å². The average Bonchev–Trinajstić information content (AvgIpc) is 2.07. The van der Waals surface area contributed by atoms with E-state index in [0.29, 0.717) is 5.69 Å². The molecule has 0 aliphatic heterocycles. The third-order valence-corrected chi connectivity index (χ3v) is 1.85. The van der Waals surface area contributed by atoms with Crippen molar-refractivity contribution in [1.82, 2.24) is 9.36 Å². The molecule has 0 atom stereocenters. The molecule has 0 unspecified atom stereocenters. The number of nitrogens with two attached hydrogens (primary N) is 1. The van der Waals surface area contributed by atoms with E-state index in [-0.39, 0.29) is 5.56 Å². The molecule has 0 fully saturated rings. The summed E-state index contributed by atoms with van der Waals surface area (Å²) in [5.41, 5.74) is 6.47. The van der Waals surface area contributed by atoms with Gasteiger partial charge in [0.2, 0.25) is 0 Å². The molecule has 0 aromatic carbocycles. The van der Waals surface area contributed by atoms with Crippen LogP contribution in [0.4, 0.5) is 5.69 Å². The zero-order valence-electron chi connectivity index (χ0n) is 6.38. The van der Waals surface area contributed by atoms with Gasteiger partial charge in [0, 0.05) is 14.1 Å². The molecule has 1 aromatic rings. The van der Waals surface area contributed by atoms with E-state index in [0.717, 1.165) is 5.69 Å². The Morgan fingerprint density at radius 3 is 1.90 bits per heavy atom. The van der Waals surface area contributed by atoms with E-state index in [2.05, 4.69) is 0 Å². The number of hydrogen-bond donors (Lipinski definition) is 1. The molecule has 1 rings (SSSR count). The lowest BCUT2D eigenvalue weighted by Gasteiger charge is -1.98. The van der Waals surface area contributed by atoms with Gasteiger partial charge in [0.15, 0.2) is 0 Å². The monoisotopic (exact) mass is 141 g/mol. The molecule has 0 aliphatic rings. The highest BCUT2D eigenvalue weighted by atomic mass is 16.1. The molecular weight excluding hydrogens is 130 g/mol. The van der Waals surface area contributed by atoms with Gasteiger partial charge < -0.3 is 5.73 Å². The van der Waals surface area contributed by atoms with E-state index in [1.807, 2.05) is 6.92 Å². The second-order valence-corrected chi connectivity index (χ2v) is 2.35. The largest absolute Gasteiger partial charge is 0.393 e. The molecule has 56 valence electrons. The number of rotatable bonds is 0. The van der Waals surface area contributed by atoms with Crippen molar-refractivity contribution in [3.05, 3.63) is 16.0 Å². The maximum Gasteiger partial charge on any atom is 0.289 e. The summed E-state index contributed by atoms with van der Waals surface area (Å²) in [7, 11) is 3.48. The predicted molar refractivity (Wildman–Crippen MR) is 39.8 cm³/mol. The minimum atomic E-state index is -0.125. The van der Waals surface area contributed by atoms with Crippen LogP contribution < -0.4 is 11.3 Å². The molecule has 4 heteroatoms. The minimum Gasteiger partial charge on any atom is -0.393 e. The van der Waals surface area contributed by atoms with Gasteiger partial charge in [0.1, 0.15) is 5.69 Å². The van der Waals surface area contributed by atoms with Gasteiger partial charge in [0.05, 0.1) is 5.69 Å². The van der Waals surface area contributed by atoms with Crippen LogP contribution in [-0.2, 0) is 14.1 Å². The van der Waals surface area contributed by atoms with Crippen LogP contribution in [-0.4, -0.2) is 9.36 Å². The predicted octanol–water partition coefficient (Wildman–Crippen LogP) is -0.386. The Bertz CT molecular complexity index is 279. The lowest BCUT2D eigenvalue weighted by Crippen LogP contribution is -2.18. The van der Waals surface area contributed by atoms with E-state index in [1.54, 1.807) is 18.8 Å². The maximum atomic E-state index is 11.0. The molecule has 0 bridgehead atoms. The van der Waals surface area contributed by atoms with Gasteiger partial charge in [-0.2, -0.15) is 0 Å². The number of nitrogen functional groups attached to an aromatic ring is 1. The molecule has 0 saturated heterocycles. The molecule has 1 heterocycles. The smallest absolute Gasteiger partial charge is 0.289 e. The Hall–Kier alpha value is -1.19. The Labute approximate surface area is 58.8 Å². The van der Waals surface area contributed by atoms with Gasteiger partial charge in [-0.3, -0.25) is 14.2 Å². The standard InChI is InChI=1S/C6H11N3O/c1-4-5(7)6(10)9(3)8(4)2/h7H2,1-3H3. The Morgan fingerprint density at radius 2 is 1.80 bits per heavy atom. The molecule has 0 radical (unpaired) electrons. The summed E-state index contributed by atoms with van der Waals surface area (Å²) < 4.78 is 3.20. The van der Waals surface area contributed by atoms with Gasteiger partial charge in [-0.15, -0.1) is 0 Å². The SMILES string of the molecule is Cc1c(N)c(=O)n(C)n1C. The Kier molecular flexibility index (Phi) is 1.31. The summed E-state index contributed by atoms with van der Waals surface area (Å²) in [6.45, 7) is 1.82. The Morgan fingerprint density at radius 1 is 1.30 bits per heavy atom. The van der Waals surface area contributed by atoms with Crippen molar-refractivity contribution in [2.75, 3.05) is 5.73 Å². The van der Waals surface area contributed by atoms with E-state index >= 15 is 0 Å². The molecule has 0 amide bonds. The van der Waals surface area contributed by atoms with Crippen LogP contribution in [0.5, 0.6) is 0 Å². The number of aromatic nitrogens is 2. The second kappa shape index (κ2) is 1.90. The summed E-state index contributed by atoms with van der Waals surface area (Å²) in [4.78, 5) is 11.0. The van der Waals surface area contributed by atoms with Crippen molar-refractivity contribution in [1.29, 1.82) is 0 Å². The average molecular weight is 141 g/mol. The quantitative estimate of drug-likeness (QED) is 0.535. The first-order chi connectivity index (χ1) is 4.55. The van der Waals surface area contributed by atoms with Crippen molar-refractivity contribution in [2.24, 2.45) is 14.1 Å². The highest BCUT2D eigenvalue weighted by Gasteiger charge is 2.06. The van der Waals surface area contributed by atoms with Crippen molar-refractivity contribution in [3.8, 4) is 0 Å². The van der Waals surface area contributed by atoms with Crippen molar-refractivity contribution >= 4 is 5.69 Å². The molecular formula is C6H11N3O. The van der Waals surface area contributed by atoms with Crippen LogP contribution in [0.2, 0.25) is 0 Å². The lowest BCUT2D eigenvalue weighted by molar-refractivity contribution is 0.567. The van der Waals surface area contributed by atoms with Crippen molar-refractivity contribution in [3.63, 3.8) is 0 Å². The van der Waals surface area contributed by atoms with Gasteiger partial charge in [-0.1, -0.05) is 0 Å². The molecule has 10 heavy (non-hydrogen) atoms. The highest BCUT2D eigenvalue weighted by molar-refractivity contribution is 5.40. The first-order valence-corrected chi connectivity index (χ1v) is 3.03. The van der Waals surface area contributed by atoms with Crippen LogP contribution in [0, 0.1) is 6.92 Å². The zero-order valence-corrected chi connectivity index (χ0v) is 6.38. The lowest BCUT2D eigenvalue weighted by atomic mass is 10.4. The summed E-state index contributed by atoms with van der Waals surface area (Å²) in [6.07, 6.45) is 0. The van der Waals surface area contributed by atoms with Crippen molar-refractivity contribution in [2.45, 2.75) is 6.92 Å². The third-order valence-electron chi connectivity index (χ3n) is 1.85. The van der Waals surface area contributed by atoms with Crippen LogP contribution in [0.1, 0.15) is 5.69 Å². The molecule has 0 saturated carbocycles. The zero-order chi connectivity index (χ0) is 7.89. The Balaban J connectivity index is 3.60. The molecule has 2 N–H and O–H groups in total. The normalized spacial score (nSPS) is 10.3. The summed E-state index contributed by atoms with van der Waals surface area (Å²) in [5.74, 6) is 0. The third kappa shape index (κ3) is 0.650. The first-order valence-electron chi connectivity index (χ1n) is 3.03. The van der Waals surface area contributed by atoms with Crippen LogP contribution in [0.25, 0.3) is 0 Å². The second-order valence-electron chi connectivity index (χ2n) is 2.35. The molecule has 4 nitrogen and oxygen atoms in total. The van der Waals surface area contributed by atoms with Crippen LogP contribution >= 0.6 is 0 Å². The van der Waals surface area contributed by atoms with Gasteiger partial charge in [0.25, 0.3) is 5.56 Å². The van der Waals surface area contributed by atoms with E-state index in [4.69, 9.17) is 5.73 Å². The summed E-state index contributed by atoms with van der Waals surface area (Å²) in [6, 6.07) is 0.